The molecule has 8 heteroatoms. The van der Waals surface area contributed by atoms with E-state index < -0.39 is 6.04 Å². The van der Waals surface area contributed by atoms with Gasteiger partial charge in [0.25, 0.3) is 0 Å². The van der Waals surface area contributed by atoms with Crippen LogP contribution >= 0.6 is 11.8 Å². The lowest BCUT2D eigenvalue weighted by molar-refractivity contribution is -0.132. The Hall–Kier alpha value is -3.44. The zero-order valence-electron chi connectivity index (χ0n) is 18.5. The summed E-state index contributed by atoms with van der Waals surface area (Å²) in [6.07, 6.45) is 4.15. The molecule has 4 rings (SSSR count). The first-order valence-corrected chi connectivity index (χ1v) is 12.0. The van der Waals surface area contributed by atoms with Crippen LogP contribution in [0.2, 0.25) is 0 Å². The number of carbonyl (C=O) groups excluding carboxylic acids is 2. The molecular formula is C25H25N3O4S. The lowest BCUT2D eigenvalue weighted by Gasteiger charge is -2.21. The first kappa shape index (κ1) is 22.7. The maximum atomic E-state index is 13.0. The molecule has 2 atom stereocenters. The number of hydrogen-bond acceptors (Lipinski definition) is 6. The van der Waals surface area contributed by atoms with Crippen molar-refractivity contribution in [2.75, 3.05) is 23.6 Å². The Bertz CT molecular complexity index is 1120. The number of benzene rings is 2. The van der Waals surface area contributed by atoms with Crippen molar-refractivity contribution in [3.05, 3.63) is 59.2 Å². The lowest BCUT2D eigenvalue weighted by atomic mass is 10.1. The fourth-order valence-corrected chi connectivity index (χ4v) is 5.02. The van der Waals surface area contributed by atoms with Crippen LogP contribution < -0.4 is 14.8 Å². The van der Waals surface area contributed by atoms with Gasteiger partial charge in [0.05, 0.1) is 24.1 Å². The van der Waals surface area contributed by atoms with Crippen molar-refractivity contribution in [3.8, 4) is 17.6 Å². The van der Waals surface area contributed by atoms with Gasteiger partial charge in [0.1, 0.15) is 23.6 Å². The number of thioether (sulfide) groups is 1. The Morgan fingerprint density at radius 2 is 2.12 bits per heavy atom. The molecule has 2 aromatic carbocycles. The van der Waals surface area contributed by atoms with Crippen LogP contribution in [0.25, 0.3) is 6.08 Å². The maximum Gasteiger partial charge on any atom is 0.248 e. The minimum absolute atomic E-state index is 0.118. The SMILES string of the molecule is CCOc1cc2c(cc1/C=C/C(=O)N1CSCC1C(=O)Nc1ccc(C#N)cc1)OC(C)C2. The molecule has 0 spiro atoms. The van der Waals surface area contributed by atoms with E-state index >= 15 is 0 Å². The number of rotatable bonds is 6. The van der Waals surface area contributed by atoms with E-state index in [9.17, 15) is 9.59 Å². The van der Waals surface area contributed by atoms with Crippen molar-refractivity contribution in [3.63, 3.8) is 0 Å². The Morgan fingerprint density at radius 1 is 1.33 bits per heavy atom. The molecule has 2 aromatic rings. The number of nitrogens with zero attached hydrogens (tertiary/aromatic N) is 2. The summed E-state index contributed by atoms with van der Waals surface area (Å²) >= 11 is 1.54. The lowest BCUT2D eigenvalue weighted by Crippen LogP contribution is -2.43. The molecule has 0 radical (unpaired) electrons. The molecule has 170 valence electrons. The topological polar surface area (TPSA) is 91.7 Å². The Labute approximate surface area is 197 Å². The molecule has 2 amide bonds. The highest BCUT2D eigenvalue weighted by atomic mass is 32.2. The second kappa shape index (κ2) is 10.0. The second-order valence-electron chi connectivity index (χ2n) is 7.90. The molecule has 0 saturated carbocycles. The standard InChI is InChI=1S/C25H25N3O4S/c1-3-31-22-12-19-10-16(2)32-23(19)11-18(22)6-9-24(29)28-15-33-14-21(28)25(30)27-20-7-4-17(13-26)5-8-20/h4-9,11-12,16,21H,3,10,14-15H2,1-2H3,(H,27,30)/b9-6+. The third-order valence-electron chi connectivity index (χ3n) is 5.48. The molecule has 2 aliphatic rings. The molecule has 33 heavy (non-hydrogen) atoms. The monoisotopic (exact) mass is 463 g/mol. The maximum absolute atomic E-state index is 13.0. The van der Waals surface area contributed by atoms with E-state index in [1.807, 2.05) is 32.0 Å². The van der Waals surface area contributed by atoms with E-state index in [0.717, 1.165) is 23.3 Å². The first-order valence-electron chi connectivity index (χ1n) is 10.8. The number of fused-ring (bicyclic) bond motifs is 1. The van der Waals surface area contributed by atoms with Gasteiger partial charge in [-0.25, -0.2) is 0 Å². The smallest absolute Gasteiger partial charge is 0.248 e. The highest BCUT2D eigenvalue weighted by molar-refractivity contribution is 7.99. The minimum Gasteiger partial charge on any atom is -0.493 e. The number of hydrogen-bond donors (Lipinski definition) is 1. The van der Waals surface area contributed by atoms with E-state index in [1.54, 1.807) is 35.2 Å². The molecular weight excluding hydrogens is 438 g/mol. The number of ether oxygens (including phenoxy) is 2. The minimum atomic E-state index is -0.571. The van der Waals surface area contributed by atoms with E-state index in [1.165, 1.54) is 17.8 Å². The second-order valence-corrected chi connectivity index (χ2v) is 8.90. The van der Waals surface area contributed by atoms with E-state index in [4.69, 9.17) is 14.7 Å². The van der Waals surface area contributed by atoms with Crippen LogP contribution in [0.5, 0.6) is 11.5 Å². The fraction of sp³-hybridized carbons (Fsp3) is 0.320. The van der Waals surface area contributed by atoms with Crippen molar-refractivity contribution in [1.82, 2.24) is 4.90 Å². The number of carbonyl (C=O) groups is 2. The van der Waals surface area contributed by atoms with Gasteiger partial charge in [-0.2, -0.15) is 5.26 Å². The zero-order valence-corrected chi connectivity index (χ0v) is 19.4. The van der Waals surface area contributed by atoms with Crippen LogP contribution in [0.4, 0.5) is 5.69 Å². The molecule has 0 aliphatic carbocycles. The zero-order chi connectivity index (χ0) is 23.4. The average molecular weight is 464 g/mol. The number of amides is 2. The van der Waals surface area contributed by atoms with Gasteiger partial charge in [-0.05, 0) is 56.3 Å². The quantitative estimate of drug-likeness (QED) is 0.655. The van der Waals surface area contributed by atoms with E-state index in [2.05, 4.69) is 5.32 Å². The van der Waals surface area contributed by atoms with E-state index in [-0.39, 0.29) is 17.9 Å². The van der Waals surface area contributed by atoms with Crippen molar-refractivity contribution in [2.24, 2.45) is 0 Å². The number of anilines is 1. The van der Waals surface area contributed by atoms with Gasteiger partial charge in [0.2, 0.25) is 11.8 Å². The molecule has 7 nitrogen and oxygen atoms in total. The molecule has 1 saturated heterocycles. The summed E-state index contributed by atoms with van der Waals surface area (Å²) in [6.45, 7) is 4.46. The molecule has 0 bridgehead atoms. The number of nitriles is 1. The molecule has 2 aliphatic heterocycles. The fourth-order valence-electron chi connectivity index (χ4n) is 3.85. The predicted molar refractivity (Wildman–Crippen MR) is 128 cm³/mol. The number of nitrogens with one attached hydrogen (secondary N) is 1. The van der Waals surface area contributed by atoms with Crippen molar-refractivity contribution in [2.45, 2.75) is 32.4 Å². The highest BCUT2D eigenvalue weighted by Crippen LogP contribution is 2.36. The summed E-state index contributed by atoms with van der Waals surface area (Å²) in [4.78, 5) is 27.3. The van der Waals surface area contributed by atoms with Crippen LogP contribution in [0.1, 0.15) is 30.5 Å². The van der Waals surface area contributed by atoms with Gasteiger partial charge in [-0.15, -0.1) is 11.8 Å². The summed E-state index contributed by atoms with van der Waals surface area (Å²) in [7, 11) is 0. The molecule has 0 aromatic heterocycles. The molecule has 2 unspecified atom stereocenters. The molecule has 1 fully saturated rings. The largest absolute Gasteiger partial charge is 0.493 e. The summed E-state index contributed by atoms with van der Waals surface area (Å²) in [5, 5.41) is 11.7. The van der Waals surface area contributed by atoms with Crippen LogP contribution in [0.3, 0.4) is 0 Å². The van der Waals surface area contributed by atoms with Crippen LogP contribution in [-0.2, 0) is 16.0 Å². The molecule has 2 heterocycles. The normalized spacial score (nSPS) is 19.1. The Morgan fingerprint density at radius 3 is 2.85 bits per heavy atom. The van der Waals surface area contributed by atoms with Crippen molar-refractivity contribution < 1.29 is 19.1 Å². The van der Waals surface area contributed by atoms with Crippen LogP contribution in [0, 0.1) is 11.3 Å². The summed E-state index contributed by atoms with van der Waals surface area (Å²) in [5.74, 6) is 2.01. The molecule has 1 N–H and O–H groups in total. The van der Waals surface area contributed by atoms with Crippen LogP contribution in [0.15, 0.2) is 42.5 Å². The average Bonchev–Trinajstić information content (AvgIpc) is 3.44. The van der Waals surface area contributed by atoms with Gasteiger partial charge in [0.15, 0.2) is 0 Å². The summed E-state index contributed by atoms with van der Waals surface area (Å²) < 4.78 is 11.6. The van der Waals surface area contributed by atoms with Gasteiger partial charge in [0, 0.05) is 35.1 Å². The van der Waals surface area contributed by atoms with Gasteiger partial charge >= 0.3 is 0 Å². The van der Waals surface area contributed by atoms with Crippen LogP contribution in [-0.4, -0.2) is 47.1 Å². The van der Waals surface area contributed by atoms with E-state index in [0.29, 0.717) is 35.2 Å². The van der Waals surface area contributed by atoms with Gasteiger partial charge < -0.3 is 19.7 Å². The first-order chi connectivity index (χ1) is 16.0. The highest BCUT2D eigenvalue weighted by Gasteiger charge is 2.33. The Balaban J connectivity index is 1.46. The third-order valence-corrected chi connectivity index (χ3v) is 6.50. The van der Waals surface area contributed by atoms with Gasteiger partial charge in [-0.1, -0.05) is 0 Å². The Kier molecular flexibility index (Phi) is 6.90. The summed E-state index contributed by atoms with van der Waals surface area (Å²) in [6, 6.07) is 12.0. The van der Waals surface area contributed by atoms with Gasteiger partial charge in [-0.3, -0.25) is 9.59 Å². The summed E-state index contributed by atoms with van der Waals surface area (Å²) in [5.41, 5.74) is 2.98. The van der Waals surface area contributed by atoms with Crippen molar-refractivity contribution >= 4 is 35.3 Å². The van der Waals surface area contributed by atoms with Crippen molar-refractivity contribution in [1.29, 1.82) is 5.26 Å². The third kappa shape index (κ3) is 5.15. The predicted octanol–water partition coefficient (Wildman–Crippen LogP) is 3.83.